The zero-order chi connectivity index (χ0) is 22.5. The average molecular weight is 432 g/mol. The van der Waals surface area contributed by atoms with Gasteiger partial charge in [-0.15, -0.1) is 0 Å². The van der Waals surface area contributed by atoms with Crippen LogP contribution in [-0.4, -0.2) is 47.3 Å². The number of ether oxygens (including phenoxy) is 2. The van der Waals surface area contributed by atoms with Crippen LogP contribution in [0.25, 0.3) is 0 Å². The topological polar surface area (TPSA) is 127 Å². The molecule has 0 aromatic heterocycles. The maximum atomic E-state index is 12.6. The van der Waals surface area contributed by atoms with Crippen molar-refractivity contribution in [3.63, 3.8) is 0 Å². The SMILES string of the molecule is CC(C)(COC(=O)C1C2C=CC(C2)C1C(=O)O)COC(=O)C1C2C=CC(C2)C1C(=O)O. The number of allylic oxidation sites excluding steroid dienone is 4. The summed E-state index contributed by atoms with van der Waals surface area (Å²) in [5.41, 5.74) is -0.691. The Bertz CT molecular complexity index is 788. The van der Waals surface area contributed by atoms with E-state index < -0.39 is 53.0 Å². The van der Waals surface area contributed by atoms with Crippen LogP contribution in [0.5, 0.6) is 0 Å². The zero-order valence-corrected chi connectivity index (χ0v) is 17.6. The summed E-state index contributed by atoms with van der Waals surface area (Å²) in [5.74, 6) is -6.44. The van der Waals surface area contributed by atoms with Crippen LogP contribution in [0.1, 0.15) is 26.7 Å². The van der Waals surface area contributed by atoms with E-state index in [2.05, 4.69) is 0 Å². The van der Waals surface area contributed by atoms with Crippen molar-refractivity contribution in [1.82, 2.24) is 0 Å². The lowest BCUT2D eigenvalue weighted by atomic mass is 9.83. The molecule has 0 saturated heterocycles. The Balaban J connectivity index is 1.31. The molecule has 4 bridgehead atoms. The lowest BCUT2D eigenvalue weighted by molar-refractivity contribution is -0.165. The second-order valence-corrected chi connectivity index (χ2v) is 10.1. The van der Waals surface area contributed by atoms with Gasteiger partial charge >= 0.3 is 23.9 Å². The Morgan fingerprint density at radius 3 is 1.35 bits per heavy atom. The van der Waals surface area contributed by atoms with Gasteiger partial charge in [-0.05, 0) is 36.5 Å². The third kappa shape index (κ3) is 3.88. The van der Waals surface area contributed by atoms with Crippen LogP contribution in [0, 0.1) is 52.8 Å². The Morgan fingerprint density at radius 2 is 1.03 bits per heavy atom. The molecule has 2 saturated carbocycles. The lowest BCUT2D eigenvalue weighted by Gasteiger charge is -2.29. The molecule has 8 atom stereocenters. The molecule has 0 aromatic carbocycles. The predicted octanol–water partition coefficient (Wildman–Crippen LogP) is 2.14. The number of carboxylic acids is 2. The normalized spacial score (nSPS) is 37.2. The van der Waals surface area contributed by atoms with E-state index in [-0.39, 0.29) is 36.9 Å². The van der Waals surface area contributed by atoms with Gasteiger partial charge in [0.15, 0.2) is 0 Å². The van der Waals surface area contributed by atoms with E-state index in [4.69, 9.17) is 9.47 Å². The first-order valence-corrected chi connectivity index (χ1v) is 10.7. The van der Waals surface area contributed by atoms with E-state index in [0.29, 0.717) is 12.8 Å². The molecule has 8 unspecified atom stereocenters. The summed E-state index contributed by atoms with van der Waals surface area (Å²) in [7, 11) is 0. The van der Waals surface area contributed by atoms with Gasteiger partial charge in [-0.2, -0.15) is 0 Å². The maximum Gasteiger partial charge on any atom is 0.310 e. The van der Waals surface area contributed by atoms with Crippen molar-refractivity contribution in [1.29, 1.82) is 0 Å². The third-order valence-corrected chi connectivity index (χ3v) is 7.24. The van der Waals surface area contributed by atoms with Gasteiger partial charge in [0.05, 0.1) is 36.9 Å². The number of fused-ring (bicyclic) bond motifs is 4. The van der Waals surface area contributed by atoms with Gasteiger partial charge in [0.1, 0.15) is 0 Å². The number of hydrogen-bond donors (Lipinski definition) is 2. The fourth-order valence-electron chi connectivity index (χ4n) is 5.73. The van der Waals surface area contributed by atoms with Crippen molar-refractivity contribution in [2.45, 2.75) is 26.7 Å². The van der Waals surface area contributed by atoms with Crippen LogP contribution in [0.4, 0.5) is 0 Å². The summed E-state index contributed by atoms with van der Waals surface area (Å²) < 4.78 is 10.9. The molecule has 0 radical (unpaired) electrons. The number of carboxylic acid groups (broad SMARTS) is 2. The highest BCUT2D eigenvalue weighted by Crippen LogP contribution is 2.49. The molecule has 31 heavy (non-hydrogen) atoms. The Hall–Kier alpha value is -2.64. The molecule has 8 heteroatoms. The molecule has 0 aliphatic heterocycles. The smallest absolute Gasteiger partial charge is 0.310 e. The maximum absolute atomic E-state index is 12.6. The summed E-state index contributed by atoms with van der Waals surface area (Å²) in [6, 6.07) is 0. The van der Waals surface area contributed by atoms with Crippen LogP contribution in [-0.2, 0) is 28.7 Å². The minimum absolute atomic E-state index is 0.0258. The Labute approximate surface area is 180 Å². The highest BCUT2D eigenvalue weighted by molar-refractivity contribution is 5.84. The van der Waals surface area contributed by atoms with E-state index in [1.165, 1.54) is 0 Å². The van der Waals surface area contributed by atoms with Crippen LogP contribution in [0.3, 0.4) is 0 Å². The van der Waals surface area contributed by atoms with Crippen LogP contribution in [0.2, 0.25) is 0 Å². The Kier molecular flexibility index (Phi) is 5.43. The number of esters is 2. The minimum atomic E-state index is -0.986. The number of hydrogen-bond acceptors (Lipinski definition) is 6. The second kappa shape index (κ2) is 7.80. The zero-order valence-electron chi connectivity index (χ0n) is 17.6. The molecule has 8 nitrogen and oxygen atoms in total. The van der Waals surface area contributed by atoms with Gasteiger partial charge in [-0.3, -0.25) is 19.2 Å². The first-order chi connectivity index (χ1) is 14.6. The number of aliphatic carboxylic acids is 2. The van der Waals surface area contributed by atoms with Crippen molar-refractivity contribution < 1.29 is 38.9 Å². The van der Waals surface area contributed by atoms with Gasteiger partial charge in [-0.1, -0.05) is 38.2 Å². The van der Waals surface area contributed by atoms with Crippen LogP contribution in [0.15, 0.2) is 24.3 Å². The first kappa shape index (κ1) is 21.6. The van der Waals surface area contributed by atoms with E-state index >= 15 is 0 Å². The number of carbonyl (C=O) groups excluding carboxylic acids is 2. The van der Waals surface area contributed by atoms with Gasteiger partial charge in [-0.25, -0.2) is 0 Å². The molecule has 2 N–H and O–H groups in total. The second-order valence-electron chi connectivity index (χ2n) is 10.1. The first-order valence-electron chi connectivity index (χ1n) is 10.7. The predicted molar refractivity (Wildman–Crippen MR) is 106 cm³/mol. The number of carbonyl (C=O) groups is 4. The largest absolute Gasteiger partial charge is 0.481 e. The van der Waals surface area contributed by atoms with Crippen molar-refractivity contribution in [3.05, 3.63) is 24.3 Å². The van der Waals surface area contributed by atoms with Crippen molar-refractivity contribution in [2.24, 2.45) is 52.8 Å². The lowest BCUT2D eigenvalue weighted by Crippen LogP contribution is -2.38. The highest BCUT2D eigenvalue weighted by Gasteiger charge is 2.54. The van der Waals surface area contributed by atoms with E-state index in [1.807, 2.05) is 24.3 Å². The summed E-state index contributed by atoms with van der Waals surface area (Å²) in [6.07, 6.45) is 8.83. The highest BCUT2D eigenvalue weighted by atomic mass is 16.5. The van der Waals surface area contributed by atoms with Gasteiger partial charge in [0.25, 0.3) is 0 Å². The quantitative estimate of drug-likeness (QED) is 0.441. The van der Waals surface area contributed by atoms with E-state index in [9.17, 15) is 29.4 Å². The van der Waals surface area contributed by atoms with Crippen molar-refractivity contribution in [2.75, 3.05) is 13.2 Å². The van der Waals surface area contributed by atoms with Crippen molar-refractivity contribution in [3.8, 4) is 0 Å². The molecule has 4 aliphatic rings. The molecule has 168 valence electrons. The Morgan fingerprint density at radius 1 is 0.710 bits per heavy atom. The van der Waals surface area contributed by atoms with Crippen LogP contribution < -0.4 is 0 Å². The third-order valence-electron chi connectivity index (χ3n) is 7.24. The van der Waals surface area contributed by atoms with Gasteiger partial charge in [0, 0.05) is 5.41 Å². The molecule has 2 fully saturated rings. The fraction of sp³-hybridized carbons (Fsp3) is 0.652. The van der Waals surface area contributed by atoms with E-state index in [0.717, 1.165) is 0 Å². The molecule has 0 heterocycles. The molecule has 0 spiro atoms. The summed E-state index contributed by atoms with van der Waals surface area (Å²) >= 11 is 0. The molecule has 0 aromatic rings. The average Bonchev–Trinajstić information content (AvgIpc) is 3.49. The molecule has 0 amide bonds. The molecular formula is C23H28O8. The molecule has 4 aliphatic carbocycles. The van der Waals surface area contributed by atoms with E-state index in [1.54, 1.807) is 13.8 Å². The minimum Gasteiger partial charge on any atom is -0.481 e. The monoisotopic (exact) mass is 432 g/mol. The summed E-state index contributed by atoms with van der Waals surface area (Å²) in [5, 5.41) is 19.0. The standard InChI is InChI=1S/C23H28O8/c1-23(2,9-30-21(28)17-13-5-3-11(7-13)15(17)19(24)25)10-31-22(29)18-14-6-4-12(8-14)16(18)20(26)27/h3-6,11-18H,7-10H2,1-2H3,(H,24,25)(H,26,27). The fourth-order valence-corrected chi connectivity index (χ4v) is 5.73. The van der Waals surface area contributed by atoms with Crippen molar-refractivity contribution >= 4 is 23.9 Å². The summed E-state index contributed by atoms with van der Waals surface area (Å²) in [4.78, 5) is 48.5. The summed E-state index contributed by atoms with van der Waals surface area (Å²) in [6.45, 7) is 3.50. The molecular weight excluding hydrogens is 404 g/mol. The van der Waals surface area contributed by atoms with Gasteiger partial charge in [0.2, 0.25) is 0 Å². The number of rotatable bonds is 8. The van der Waals surface area contributed by atoms with Crippen LogP contribution >= 0.6 is 0 Å². The van der Waals surface area contributed by atoms with Gasteiger partial charge < -0.3 is 19.7 Å². The molecule has 4 rings (SSSR count).